The third-order valence-electron chi connectivity index (χ3n) is 6.50. The number of para-hydroxylation sites is 1. The zero-order valence-electron chi connectivity index (χ0n) is 18.9. The average Bonchev–Trinajstić information content (AvgIpc) is 3.21. The van der Waals surface area contributed by atoms with Crippen molar-refractivity contribution in [3.8, 4) is 0 Å². The van der Waals surface area contributed by atoms with Crippen molar-refractivity contribution in [1.29, 1.82) is 0 Å². The molecule has 10 heteroatoms. The lowest BCUT2D eigenvalue weighted by Crippen LogP contribution is -2.50. The van der Waals surface area contributed by atoms with Crippen LogP contribution in [-0.4, -0.2) is 47.1 Å². The zero-order valence-corrected chi connectivity index (χ0v) is 19.7. The van der Waals surface area contributed by atoms with E-state index in [1.54, 1.807) is 16.2 Å². The topological polar surface area (TPSA) is 61.4 Å². The molecule has 0 radical (unpaired) electrons. The zero-order chi connectivity index (χ0) is 23.9. The summed E-state index contributed by atoms with van der Waals surface area (Å²) in [5.41, 5.74) is 0.296. The van der Waals surface area contributed by atoms with Gasteiger partial charge in [0.05, 0.1) is 16.6 Å². The molecule has 0 spiro atoms. The van der Waals surface area contributed by atoms with Crippen LogP contribution in [-0.2, 0) is 25.4 Å². The molecule has 3 heterocycles. The third kappa shape index (κ3) is 4.31. The number of nitrogens with zero attached hydrogens (tertiary/aromatic N) is 4. The van der Waals surface area contributed by atoms with Gasteiger partial charge < -0.3 is 15.1 Å². The van der Waals surface area contributed by atoms with Crippen molar-refractivity contribution in [3.63, 3.8) is 0 Å². The molecule has 2 aromatic heterocycles. The Morgan fingerprint density at radius 2 is 1.82 bits per heavy atom. The highest BCUT2D eigenvalue weighted by Gasteiger charge is 2.34. The summed E-state index contributed by atoms with van der Waals surface area (Å²) in [6, 6.07) is 4.52. The Labute approximate surface area is 199 Å². The first-order valence-electron chi connectivity index (χ1n) is 11.6. The Morgan fingerprint density at radius 1 is 1.09 bits per heavy atom. The number of amides is 2. The minimum atomic E-state index is -4.53. The molecule has 34 heavy (non-hydrogen) atoms. The number of anilines is 2. The van der Waals surface area contributed by atoms with Crippen molar-refractivity contribution in [2.24, 2.45) is 0 Å². The first kappa shape index (κ1) is 22.9. The van der Waals surface area contributed by atoms with Gasteiger partial charge in [0.2, 0.25) is 0 Å². The molecule has 1 aliphatic heterocycles. The number of rotatable bonds is 3. The van der Waals surface area contributed by atoms with Gasteiger partial charge in [0.15, 0.2) is 0 Å². The normalized spacial score (nSPS) is 16.6. The van der Waals surface area contributed by atoms with Crippen molar-refractivity contribution < 1.29 is 18.0 Å². The fourth-order valence-electron chi connectivity index (χ4n) is 4.72. The summed E-state index contributed by atoms with van der Waals surface area (Å²) < 4.78 is 39.8. The molecule has 1 aliphatic carbocycles. The molecule has 5 rings (SSSR count). The highest BCUT2D eigenvalue weighted by Crippen LogP contribution is 2.40. The second-order valence-electron chi connectivity index (χ2n) is 8.66. The van der Waals surface area contributed by atoms with Crippen molar-refractivity contribution in [2.45, 2.75) is 45.2 Å². The SMILES string of the molecule is CCc1nc(N2CCN(C(=O)Nc3ccccc3C(F)(F)F)CC2)c2c3c(sc2n1)CCCC3. The molecule has 2 amide bonds. The van der Waals surface area contributed by atoms with E-state index in [4.69, 9.17) is 9.97 Å². The smallest absolute Gasteiger partial charge is 0.352 e. The molecule has 0 saturated carbocycles. The molecule has 0 atom stereocenters. The Bertz CT molecular complexity index is 1220. The molecule has 1 fully saturated rings. The van der Waals surface area contributed by atoms with Crippen LogP contribution in [0.3, 0.4) is 0 Å². The minimum absolute atomic E-state index is 0.225. The molecule has 1 aromatic carbocycles. The number of carbonyl (C=O) groups is 1. The van der Waals surface area contributed by atoms with Crippen molar-refractivity contribution in [3.05, 3.63) is 46.1 Å². The summed E-state index contributed by atoms with van der Waals surface area (Å²) in [4.78, 5) is 28.6. The predicted octanol–water partition coefficient (Wildman–Crippen LogP) is 5.51. The molecular formula is C24H26F3N5OS. The van der Waals surface area contributed by atoms with E-state index in [0.29, 0.717) is 26.2 Å². The van der Waals surface area contributed by atoms with Crippen LogP contribution in [0, 0.1) is 0 Å². The first-order valence-corrected chi connectivity index (χ1v) is 12.4. The Hall–Kier alpha value is -2.88. The lowest BCUT2D eigenvalue weighted by molar-refractivity contribution is -0.136. The number of hydrogen-bond donors (Lipinski definition) is 1. The van der Waals surface area contributed by atoms with Gasteiger partial charge in [-0.25, -0.2) is 14.8 Å². The summed E-state index contributed by atoms with van der Waals surface area (Å²) in [5.74, 6) is 1.74. The molecule has 0 unspecified atom stereocenters. The largest absolute Gasteiger partial charge is 0.418 e. The molecule has 0 bridgehead atoms. The van der Waals surface area contributed by atoms with Crippen LogP contribution in [0.4, 0.5) is 29.5 Å². The van der Waals surface area contributed by atoms with Crippen LogP contribution in [0.5, 0.6) is 0 Å². The summed E-state index contributed by atoms with van der Waals surface area (Å²) in [5, 5.41) is 3.60. The standard InChI is InChI=1S/C24H26F3N5OS/c1-2-19-29-21(20-15-7-3-6-10-18(15)34-22(20)30-19)31-11-13-32(14-12-31)23(33)28-17-9-5-4-8-16(17)24(25,26)27/h4-5,8-9H,2-3,6-7,10-14H2,1H3,(H,28,33). The third-order valence-corrected chi connectivity index (χ3v) is 7.68. The van der Waals surface area contributed by atoms with Gasteiger partial charge in [0.1, 0.15) is 16.5 Å². The van der Waals surface area contributed by atoms with Gasteiger partial charge in [-0.05, 0) is 43.4 Å². The maximum Gasteiger partial charge on any atom is 0.418 e. The van der Waals surface area contributed by atoms with E-state index in [-0.39, 0.29) is 5.69 Å². The van der Waals surface area contributed by atoms with Crippen LogP contribution in [0.1, 0.15) is 41.6 Å². The Kier molecular flexibility index (Phi) is 6.09. The van der Waals surface area contributed by atoms with E-state index in [1.807, 2.05) is 6.92 Å². The van der Waals surface area contributed by atoms with Gasteiger partial charge in [0.25, 0.3) is 0 Å². The van der Waals surface area contributed by atoms with Gasteiger partial charge in [0, 0.05) is 37.5 Å². The maximum absolute atomic E-state index is 13.3. The summed E-state index contributed by atoms with van der Waals surface area (Å²) in [6.07, 6.45) is 0.711. The maximum atomic E-state index is 13.3. The van der Waals surface area contributed by atoms with Crippen LogP contribution in [0.2, 0.25) is 0 Å². The van der Waals surface area contributed by atoms with E-state index < -0.39 is 17.8 Å². The average molecular weight is 490 g/mol. The van der Waals surface area contributed by atoms with E-state index in [0.717, 1.165) is 47.2 Å². The number of urea groups is 1. The van der Waals surface area contributed by atoms with Crippen molar-refractivity contribution >= 4 is 39.1 Å². The van der Waals surface area contributed by atoms with Crippen LogP contribution < -0.4 is 10.2 Å². The number of hydrogen-bond acceptors (Lipinski definition) is 5. The second-order valence-corrected chi connectivity index (χ2v) is 9.74. The number of fused-ring (bicyclic) bond motifs is 3. The first-order chi connectivity index (χ1) is 16.3. The minimum Gasteiger partial charge on any atom is -0.352 e. The number of benzene rings is 1. The van der Waals surface area contributed by atoms with E-state index in [2.05, 4.69) is 10.2 Å². The molecule has 2 aliphatic rings. The van der Waals surface area contributed by atoms with E-state index in [9.17, 15) is 18.0 Å². The van der Waals surface area contributed by atoms with Crippen LogP contribution >= 0.6 is 11.3 Å². The van der Waals surface area contributed by atoms with Crippen LogP contribution in [0.25, 0.3) is 10.2 Å². The summed E-state index contributed by atoms with van der Waals surface area (Å²) in [6.45, 7) is 3.97. The van der Waals surface area contributed by atoms with Gasteiger partial charge in [-0.3, -0.25) is 0 Å². The highest BCUT2D eigenvalue weighted by molar-refractivity contribution is 7.19. The van der Waals surface area contributed by atoms with Gasteiger partial charge in [-0.2, -0.15) is 13.2 Å². The van der Waals surface area contributed by atoms with E-state index >= 15 is 0 Å². The number of nitrogens with one attached hydrogen (secondary N) is 1. The fraction of sp³-hybridized carbons (Fsp3) is 0.458. The fourth-order valence-corrected chi connectivity index (χ4v) is 6.00. The van der Waals surface area contributed by atoms with Crippen molar-refractivity contribution in [2.75, 3.05) is 36.4 Å². The molecule has 1 saturated heterocycles. The van der Waals surface area contributed by atoms with Gasteiger partial charge >= 0.3 is 12.2 Å². The number of halogens is 3. The Balaban J connectivity index is 1.34. The lowest BCUT2D eigenvalue weighted by Gasteiger charge is -2.36. The quantitative estimate of drug-likeness (QED) is 0.527. The van der Waals surface area contributed by atoms with E-state index in [1.165, 1.54) is 41.5 Å². The number of alkyl halides is 3. The summed E-state index contributed by atoms with van der Waals surface area (Å²) >= 11 is 1.77. The molecule has 1 N–H and O–H groups in total. The number of aromatic nitrogens is 2. The molecule has 3 aromatic rings. The predicted molar refractivity (Wildman–Crippen MR) is 128 cm³/mol. The number of carbonyl (C=O) groups excluding carboxylic acids is 1. The van der Waals surface area contributed by atoms with Crippen molar-refractivity contribution in [1.82, 2.24) is 14.9 Å². The number of thiophene rings is 1. The monoisotopic (exact) mass is 489 g/mol. The molecule has 180 valence electrons. The molecular weight excluding hydrogens is 463 g/mol. The lowest BCUT2D eigenvalue weighted by atomic mass is 9.97. The second kappa shape index (κ2) is 9.05. The van der Waals surface area contributed by atoms with Gasteiger partial charge in [-0.15, -0.1) is 11.3 Å². The number of aryl methyl sites for hydroxylation is 3. The van der Waals surface area contributed by atoms with Crippen LogP contribution in [0.15, 0.2) is 24.3 Å². The van der Waals surface area contributed by atoms with Gasteiger partial charge in [-0.1, -0.05) is 19.1 Å². The Morgan fingerprint density at radius 3 is 2.56 bits per heavy atom. The summed E-state index contributed by atoms with van der Waals surface area (Å²) in [7, 11) is 0. The highest BCUT2D eigenvalue weighted by atomic mass is 32.1. The molecule has 6 nitrogen and oxygen atoms in total. The number of piperazine rings is 1.